The van der Waals surface area contributed by atoms with Gasteiger partial charge < -0.3 is 4.12 Å². The summed E-state index contributed by atoms with van der Waals surface area (Å²) in [6, 6.07) is 21.3. The van der Waals surface area contributed by atoms with Crippen LogP contribution in [0.2, 0.25) is 26.2 Å². The van der Waals surface area contributed by atoms with Crippen molar-refractivity contribution >= 4 is 27.0 Å². The van der Waals surface area contributed by atoms with E-state index in [1.165, 1.54) is 10.4 Å². The molecule has 0 saturated carbocycles. The second kappa shape index (κ2) is 5.45. The van der Waals surface area contributed by atoms with Crippen LogP contribution in [0.1, 0.15) is 0 Å². The quantitative estimate of drug-likeness (QED) is 0.620. The minimum absolute atomic E-state index is 1.37. The Morgan fingerprint density at radius 1 is 0.579 bits per heavy atom. The Balaban J connectivity index is 2.25. The molecule has 0 aliphatic carbocycles. The van der Waals surface area contributed by atoms with Crippen molar-refractivity contribution in [2.75, 3.05) is 0 Å². The fourth-order valence-corrected chi connectivity index (χ4v) is 10.5. The summed E-state index contributed by atoms with van der Waals surface area (Å²) in [6.07, 6.45) is 0. The molecule has 0 heterocycles. The first-order valence-corrected chi connectivity index (χ1v) is 12.5. The van der Waals surface area contributed by atoms with Gasteiger partial charge in [0, 0.05) is 0 Å². The largest absolute Gasteiger partial charge is 0.449 e. The summed E-state index contributed by atoms with van der Waals surface area (Å²) in [7, 11) is -3.67. The standard InChI is InChI=1S/C16H22OSi2/c1-18(2,15-11-7-5-8-12-15)17-19(3,4)16-13-9-6-10-14-16/h5-14H,1-4H3/i17+2. The number of hydrogen-bond donors (Lipinski definition) is 0. The topological polar surface area (TPSA) is 9.23 Å². The average molecular weight is 289 g/mol. The predicted molar refractivity (Wildman–Crippen MR) is 88.2 cm³/mol. The van der Waals surface area contributed by atoms with Crippen LogP contribution < -0.4 is 10.4 Å². The maximum absolute atomic E-state index is 6.68. The molecule has 2 aromatic carbocycles. The molecule has 0 aromatic heterocycles. The maximum atomic E-state index is 6.68. The van der Waals surface area contributed by atoms with E-state index in [4.69, 9.17) is 4.12 Å². The molecule has 100 valence electrons. The SMILES string of the molecule is C[Si](C)([18O][Si](C)(C)c1ccccc1)c1ccccc1. The molecule has 0 saturated heterocycles. The highest BCUT2D eigenvalue weighted by Gasteiger charge is 2.35. The first-order chi connectivity index (χ1) is 8.92. The Hall–Kier alpha value is -1.17. The van der Waals surface area contributed by atoms with Gasteiger partial charge in [0.15, 0.2) is 0 Å². The predicted octanol–water partition coefficient (Wildman–Crippen LogP) is 3.23. The molecule has 0 atom stereocenters. The van der Waals surface area contributed by atoms with Crippen LogP contribution in [0, 0.1) is 0 Å². The highest BCUT2D eigenvalue weighted by molar-refractivity contribution is 6.96. The molecule has 0 fully saturated rings. The van der Waals surface area contributed by atoms with E-state index < -0.39 is 16.6 Å². The van der Waals surface area contributed by atoms with Gasteiger partial charge >= 0.3 is 0 Å². The third-order valence-electron chi connectivity index (χ3n) is 3.45. The summed E-state index contributed by atoms with van der Waals surface area (Å²) >= 11 is 0. The molecular weight excluding hydrogens is 266 g/mol. The van der Waals surface area contributed by atoms with E-state index in [-0.39, 0.29) is 0 Å². The van der Waals surface area contributed by atoms with E-state index in [0.29, 0.717) is 0 Å². The summed E-state index contributed by atoms with van der Waals surface area (Å²) in [5.41, 5.74) is 0. The fourth-order valence-electron chi connectivity index (χ4n) is 2.43. The molecule has 0 aliphatic rings. The van der Waals surface area contributed by atoms with Crippen molar-refractivity contribution in [3.05, 3.63) is 60.7 Å². The van der Waals surface area contributed by atoms with Crippen molar-refractivity contribution in [3.63, 3.8) is 0 Å². The van der Waals surface area contributed by atoms with Gasteiger partial charge in [0.25, 0.3) is 0 Å². The second-order valence-electron chi connectivity index (χ2n) is 5.85. The maximum Gasteiger partial charge on any atom is 0.206 e. The highest BCUT2D eigenvalue weighted by atomic mass is 28.5. The molecule has 0 N–H and O–H groups in total. The molecule has 0 unspecified atom stereocenters. The third kappa shape index (κ3) is 3.44. The minimum atomic E-state index is -1.84. The summed E-state index contributed by atoms with van der Waals surface area (Å²) in [5, 5.41) is 2.73. The molecule has 3 heteroatoms. The van der Waals surface area contributed by atoms with E-state index in [9.17, 15) is 0 Å². The van der Waals surface area contributed by atoms with E-state index >= 15 is 0 Å². The zero-order valence-electron chi connectivity index (χ0n) is 12.2. The van der Waals surface area contributed by atoms with E-state index in [1.54, 1.807) is 0 Å². The van der Waals surface area contributed by atoms with Crippen LogP contribution in [-0.2, 0) is 4.12 Å². The van der Waals surface area contributed by atoms with Gasteiger partial charge in [-0.15, -0.1) is 0 Å². The van der Waals surface area contributed by atoms with Crippen molar-refractivity contribution in [2.24, 2.45) is 0 Å². The Labute approximate surface area is 118 Å². The highest BCUT2D eigenvalue weighted by Crippen LogP contribution is 2.15. The Morgan fingerprint density at radius 2 is 0.895 bits per heavy atom. The minimum Gasteiger partial charge on any atom is -0.449 e. The summed E-state index contributed by atoms with van der Waals surface area (Å²) in [5.74, 6) is 0. The molecule has 1 nitrogen and oxygen atoms in total. The van der Waals surface area contributed by atoms with Gasteiger partial charge in [-0.25, -0.2) is 0 Å². The van der Waals surface area contributed by atoms with Gasteiger partial charge in [-0.1, -0.05) is 60.7 Å². The zero-order valence-corrected chi connectivity index (χ0v) is 14.2. The lowest BCUT2D eigenvalue weighted by Crippen LogP contribution is -2.57. The van der Waals surface area contributed by atoms with Crippen molar-refractivity contribution in [1.29, 1.82) is 0 Å². The van der Waals surface area contributed by atoms with E-state index in [1.807, 2.05) is 0 Å². The van der Waals surface area contributed by atoms with Crippen LogP contribution in [0.25, 0.3) is 0 Å². The molecule has 0 aliphatic heterocycles. The van der Waals surface area contributed by atoms with E-state index in [0.717, 1.165) is 0 Å². The van der Waals surface area contributed by atoms with Crippen molar-refractivity contribution < 1.29 is 4.12 Å². The molecule has 2 aromatic rings. The van der Waals surface area contributed by atoms with Gasteiger partial charge in [0.1, 0.15) is 0 Å². The Kier molecular flexibility index (Phi) is 4.08. The lowest BCUT2D eigenvalue weighted by Gasteiger charge is -2.34. The van der Waals surface area contributed by atoms with Crippen LogP contribution in [0.3, 0.4) is 0 Å². The zero-order chi connectivity index (χ0) is 13.9. The number of rotatable bonds is 4. The normalized spacial score (nSPS) is 12.4. The first kappa shape index (κ1) is 14.2. The van der Waals surface area contributed by atoms with Crippen molar-refractivity contribution in [3.8, 4) is 0 Å². The third-order valence-corrected chi connectivity index (χ3v) is 11.0. The summed E-state index contributed by atoms with van der Waals surface area (Å²) < 4.78 is 6.68. The van der Waals surface area contributed by atoms with Gasteiger partial charge in [-0.3, -0.25) is 0 Å². The van der Waals surface area contributed by atoms with Crippen LogP contribution in [0.5, 0.6) is 0 Å². The molecule has 19 heavy (non-hydrogen) atoms. The van der Waals surface area contributed by atoms with Crippen LogP contribution >= 0.6 is 0 Å². The van der Waals surface area contributed by atoms with Crippen molar-refractivity contribution in [2.45, 2.75) is 26.2 Å². The van der Waals surface area contributed by atoms with Crippen LogP contribution in [-0.4, -0.2) is 16.6 Å². The fraction of sp³-hybridized carbons (Fsp3) is 0.250. The lowest BCUT2D eigenvalue weighted by atomic mass is 10.4. The Morgan fingerprint density at radius 3 is 1.21 bits per heavy atom. The molecule has 0 amide bonds. The first-order valence-electron chi connectivity index (χ1n) is 6.73. The molecule has 2 rings (SSSR count). The van der Waals surface area contributed by atoms with Gasteiger partial charge in [0.2, 0.25) is 16.6 Å². The van der Waals surface area contributed by atoms with Crippen LogP contribution in [0.15, 0.2) is 60.7 Å². The smallest absolute Gasteiger partial charge is 0.206 e. The van der Waals surface area contributed by atoms with E-state index in [2.05, 4.69) is 86.9 Å². The average Bonchev–Trinajstić information content (AvgIpc) is 2.40. The molecule has 0 spiro atoms. The second-order valence-corrected chi connectivity index (χ2v) is 13.9. The summed E-state index contributed by atoms with van der Waals surface area (Å²) in [6.45, 7) is 9.17. The van der Waals surface area contributed by atoms with Gasteiger partial charge in [-0.05, 0) is 36.6 Å². The van der Waals surface area contributed by atoms with Crippen molar-refractivity contribution in [1.82, 2.24) is 0 Å². The monoisotopic (exact) mass is 288 g/mol. The number of benzene rings is 2. The lowest BCUT2D eigenvalue weighted by molar-refractivity contribution is 0.573. The molecular formula is C16H22OSi2. The van der Waals surface area contributed by atoms with Crippen LogP contribution in [0.4, 0.5) is 0 Å². The molecule has 0 bridgehead atoms. The number of hydrogen-bond acceptors (Lipinski definition) is 1. The van der Waals surface area contributed by atoms with Gasteiger partial charge in [0.05, 0.1) is 0 Å². The summed E-state index contributed by atoms with van der Waals surface area (Å²) in [4.78, 5) is 0. The van der Waals surface area contributed by atoms with Gasteiger partial charge in [-0.2, -0.15) is 0 Å². The Bertz CT molecular complexity index is 471. The molecule has 0 radical (unpaired) electrons.